The van der Waals surface area contributed by atoms with Crippen LogP contribution < -0.4 is 19.6 Å². The zero-order valence-corrected chi connectivity index (χ0v) is 23.7. The molecule has 0 bridgehead atoms. The monoisotopic (exact) mass is 575 g/mol. The Kier molecular flexibility index (Phi) is 7.20. The van der Waals surface area contributed by atoms with Crippen molar-refractivity contribution in [3.8, 4) is 39.8 Å². The number of nitrogens with zero attached hydrogens (tertiary/aromatic N) is 5. The van der Waals surface area contributed by atoms with Crippen molar-refractivity contribution in [3.05, 3.63) is 118 Å². The SMILES string of the molecule is C=CCOc1ccc(-c2nn(-c3ccccc3)cc2/C=c2\sc3nc(-c4ccccc4OC(C)=O)nn3c2=O)c(C)c1. The largest absolute Gasteiger partial charge is 0.490 e. The number of fused-ring (bicyclic) bond motifs is 1. The zero-order valence-electron chi connectivity index (χ0n) is 22.9. The fraction of sp³-hybridized carbons (Fsp3) is 0.0938. The molecule has 3 aromatic heterocycles. The van der Waals surface area contributed by atoms with E-state index in [1.165, 1.54) is 22.8 Å². The van der Waals surface area contributed by atoms with Gasteiger partial charge in [0.25, 0.3) is 5.56 Å². The number of carbonyl (C=O) groups excluding carboxylic acids is 1. The number of benzene rings is 3. The fourth-order valence-corrected chi connectivity index (χ4v) is 5.44. The highest BCUT2D eigenvalue weighted by molar-refractivity contribution is 7.15. The second-order valence-electron chi connectivity index (χ2n) is 9.42. The molecule has 0 fully saturated rings. The van der Waals surface area contributed by atoms with Gasteiger partial charge in [-0.3, -0.25) is 9.59 Å². The van der Waals surface area contributed by atoms with E-state index in [0.29, 0.717) is 33.2 Å². The predicted molar refractivity (Wildman–Crippen MR) is 162 cm³/mol. The Bertz CT molecular complexity index is 2060. The van der Waals surface area contributed by atoms with Crippen molar-refractivity contribution in [1.82, 2.24) is 24.4 Å². The average Bonchev–Trinajstić information content (AvgIpc) is 3.67. The van der Waals surface area contributed by atoms with Gasteiger partial charge in [0.05, 0.1) is 15.8 Å². The maximum absolute atomic E-state index is 13.5. The third-order valence-corrected chi connectivity index (χ3v) is 7.39. The average molecular weight is 576 g/mol. The molecule has 0 aliphatic carbocycles. The minimum Gasteiger partial charge on any atom is -0.490 e. The molecule has 0 spiro atoms. The van der Waals surface area contributed by atoms with E-state index >= 15 is 0 Å². The van der Waals surface area contributed by atoms with Gasteiger partial charge in [0.15, 0.2) is 5.82 Å². The van der Waals surface area contributed by atoms with E-state index in [0.717, 1.165) is 33.8 Å². The van der Waals surface area contributed by atoms with Gasteiger partial charge in [-0.05, 0) is 61.0 Å². The van der Waals surface area contributed by atoms with E-state index in [1.807, 2.05) is 67.7 Å². The van der Waals surface area contributed by atoms with E-state index in [-0.39, 0.29) is 5.56 Å². The molecule has 0 saturated heterocycles. The van der Waals surface area contributed by atoms with E-state index in [9.17, 15) is 9.59 Å². The van der Waals surface area contributed by atoms with Crippen LogP contribution in [0.25, 0.3) is 39.4 Å². The Morgan fingerprint density at radius 1 is 1.02 bits per heavy atom. The van der Waals surface area contributed by atoms with Crippen LogP contribution in [0.3, 0.4) is 0 Å². The van der Waals surface area contributed by atoms with Gasteiger partial charge in [0.2, 0.25) is 4.96 Å². The van der Waals surface area contributed by atoms with Crippen LogP contribution in [0.15, 0.2) is 96.4 Å². The van der Waals surface area contributed by atoms with Crippen LogP contribution >= 0.6 is 11.3 Å². The van der Waals surface area contributed by atoms with E-state index in [1.54, 1.807) is 35.0 Å². The van der Waals surface area contributed by atoms with Gasteiger partial charge >= 0.3 is 5.97 Å². The van der Waals surface area contributed by atoms with E-state index in [2.05, 4.69) is 16.7 Å². The molecule has 0 aliphatic heterocycles. The summed E-state index contributed by atoms with van der Waals surface area (Å²) in [6, 6.07) is 22.6. The highest BCUT2D eigenvalue weighted by Gasteiger charge is 2.18. The van der Waals surface area contributed by atoms with Crippen LogP contribution in [0.2, 0.25) is 0 Å². The standard InChI is InChI=1S/C32H25N5O4S/c1-4-16-40-24-14-15-25(20(2)17-24)29-22(19-36(34-29)23-10-6-5-7-11-23)18-28-31(39)37-32(42-28)33-30(35-37)26-12-8-9-13-27(26)41-21(3)38/h4-15,17-19H,1,16H2,2-3H3/b28-18-. The minimum absolute atomic E-state index is 0.300. The van der Waals surface area contributed by atoms with Gasteiger partial charge in [0, 0.05) is 24.2 Å². The molecule has 0 N–H and O–H groups in total. The van der Waals surface area contributed by atoms with Crippen molar-refractivity contribution < 1.29 is 14.3 Å². The first-order valence-electron chi connectivity index (χ1n) is 13.1. The molecule has 0 unspecified atom stereocenters. The van der Waals surface area contributed by atoms with Crippen molar-refractivity contribution in [3.63, 3.8) is 0 Å². The lowest BCUT2D eigenvalue weighted by atomic mass is 10.0. The van der Waals surface area contributed by atoms with Gasteiger partial charge in [-0.2, -0.15) is 14.6 Å². The number of hydrogen-bond donors (Lipinski definition) is 0. The number of aromatic nitrogens is 5. The molecule has 6 aromatic rings. The second-order valence-corrected chi connectivity index (χ2v) is 10.4. The smallest absolute Gasteiger partial charge is 0.308 e. The highest BCUT2D eigenvalue weighted by Crippen LogP contribution is 2.31. The summed E-state index contributed by atoms with van der Waals surface area (Å²) in [5.74, 6) is 0.916. The number of hydrogen-bond acceptors (Lipinski definition) is 8. The molecular weight excluding hydrogens is 550 g/mol. The van der Waals surface area contributed by atoms with Crippen molar-refractivity contribution in [1.29, 1.82) is 0 Å². The summed E-state index contributed by atoms with van der Waals surface area (Å²) in [6.07, 6.45) is 5.42. The van der Waals surface area contributed by atoms with Crippen molar-refractivity contribution >= 4 is 28.3 Å². The number of ether oxygens (including phenoxy) is 2. The van der Waals surface area contributed by atoms with Crippen molar-refractivity contribution in [2.24, 2.45) is 0 Å². The summed E-state index contributed by atoms with van der Waals surface area (Å²) in [5, 5.41) is 9.35. The molecule has 0 amide bonds. The summed E-state index contributed by atoms with van der Waals surface area (Å²) in [5.41, 5.74) is 4.49. The second kappa shape index (κ2) is 11.3. The molecule has 9 nitrogen and oxygen atoms in total. The van der Waals surface area contributed by atoms with Crippen molar-refractivity contribution in [2.45, 2.75) is 13.8 Å². The minimum atomic E-state index is -0.453. The number of aryl methyl sites for hydroxylation is 1. The molecule has 6 rings (SSSR count). The van der Waals surface area contributed by atoms with Crippen molar-refractivity contribution in [2.75, 3.05) is 6.61 Å². The maximum atomic E-state index is 13.5. The third kappa shape index (κ3) is 5.23. The Morgan fingerprint density at radius 3 is 2.55 bits per heavy atom. The summed E-state index contributed by atoms with van der Waals surface area (Å²) in [7, 11) is 0. The lowest BCUT2D eigenvalue weighted by Gasteiger charge is -2.08. The zero-order chi connectivity index (χ0) is 29.2. The first kappa shape index (κ1) is 26.9. The molecule has 208 valence electrons. The molecule has 0 saturated carbocycles. The van der Waals surface area contributed by atoms with Crippen LogP contribution in [0, 0.1) is 6.92 Å². The normalized spacial score (nSPS) is 11.6. The van der Waals surface area contributed by atoms with Crippen LogP contribution in [0.5, 0.6) is 11.5 Å². The van der Waals surface area contributed by atoms with Gasteiger partial charge in [-0.1, -0.05) is 54.3 Å². The Labute approximate surface area is 244 Å². The Balaban J connectivity index is 1.45. The molecule has 0 radical (unpaired) electrons. The van der Waals surface area contributed by atoms with Gasteiger partial charge < -0.3 is 9.47 Å². The third-order valence-electron chi connectivity index (χ3n) is 6.43. The van der Waals surface area contributed by atoms with E-state index < -0.39 is 5.97 Å². The summed E-state index contributed by atoms with van der Waals surface area (Å²) in [4.78, 5) is 30.0. The topological polar surface area (TPSA) is 101 Å². The molecule has 42 heavy (non-hydrogen) atoms. The first-order chi connectivity index (χ1) is 20.4. The molecule has 3 aromatic carbocycles. The van der Waals surface area contributed by atoms with Crippen LogP contribution in [0.4, 0.5) is 0 Å². The number of para-hydroxylation sites is 2. The first-order valence-corrected chi connectivity index (χ1v) is 13.9. The summed E-state index contributed by atoms with van der Waals surface area (Å²) in [6.45, 7) is 7.45. The van der Waals surface area contributed by atoms with Crippen LogP contribution in [-0.4, -0.2) is 37.0 Å². The maximum Gasteiger partial charge on any atom is 0.308 e. The number of carbonyl (C=O) groups is 1. The molecular formula is C32H25N5O4S. The van der Waals surface area contributed by atoms with Gasteiger partial charge in [-0.25, -0.2) is 4.68 Å². The Morgan fingerprint density at radius 2 is 1.81 bits per heavy atom. The fourth-order valence-electron chi connectivity index (χ4n) is 4.55. The Hall–Kier alpha value is -5.35. The number of esters is 1. The summed E-state index contributed by atoms with van der Waals surface area (Å²) >= 11 is 1.23. The molecule has 0 atom stereocenters. The quantitative estimate of drug-likeness (QED) is 0.143. The highest BCUT2D eigenvalue weighted by atomic mass is 32.1. The molecule has 0 aliphatic rings. The lowest BCUT2D eigenvalue weighted by Crippen LogP contribution is -2.23. The van der Waals surface area contributed by atoms with Crippen LogP contribution in [-0.2, 0) is 4.79 Å². The van der Waals surface area contributed by atoms with Gasteiger partial charge in [0.1, 0.15) is 23.8 Å². The number of thiazole rings is 1. The van der Waals surface area contributed by atoms with E-state index in [4.69, 9.17) is 14.6 Å². The van der Waals surface area contributed by atoms with Crippen LogP contribution in [0.1, 0.15) is 18.1 Å². The predicted octanol–water partition coefficient (Wildman–Crippen LogP) is 5.02. The summed E-state index contributed by atoms with van der Waals surface area (Å²) < 4.78 is 14.5. The number of rotatable bonds is 8. The molecule has 3 heterocycles. The van der Waals surface area contributed by atoms with Gasteiger partial charge in [-0.15, -0.1) is 5.10 Å². The molecule has 10 heteroatoms. The lowest BCUT2D eigenvalue weighted by molar-refractivity contribution is -0.131.